The molecule has 2 aromatic rings. The number of nitrogens with zero attached hydrogens (tertiary/aromatic N) is 1. The van der Waals surface area contributed by atoms with Gasteiger partial charge in [0.15, 0.2) is 11.6 Å². The topological polar surface area (TPSA) is 59.9 Å². The Balaban J connectivity index is 1.63. The minimum Gasteiger partial charge on any atom is -0.497 e. The van der Waals surface area contributed by atoms with Crippen LogP contribution in [-0.2, 0) is 9.63 Å². The van der Waals surface area contributed by atoms with E-state index >= 15 is 0 Å². The molecule has 1 aliphatic heterocycles. The number of hydrogen-bond donors (Lipinski definition) is 1. The summed E-state index contributed by atoms with van der Waals surface area (Å²) in [5, 5.41) is 6.40. The standard InChI is InChI=1S/C17H14F2N2O3/c1-23-12-5-2-10(3-6-12)15-9-16(24-21-15)17(22)20-11-4-7-13(18)14(19)8-11/h2-8,16H,9H2,1H3,(H,20,22). The van der Waals surface area contributed by atoms with Crippen molar-refractivity contribution in [3.05, 3.63) is 59.7 Å². The highest BCUT2D eigenvalue weighted by Gasteiger charge is 2.29. The fourth-order valence-corrected chi connectivity index (χ4v) is 2.27. The van der Waals surface area contributed by atoms with E-state index in [0.29, 0.717) is 11.5 Å². The van der Waals surface area contributed by atoms with Gasteiger partial charge in [-0.05, 0) is 42.0 Å². The third-order valence-corrected chi connectivity index (χ3v) is 3.57. The lowest BCUT2D eigenvalue weighted by molar-refractivity contribution is -0.125. The molecule has 0 fully saturated rings. The number of halogens is 2. The highest BCUT2D eigenvalue weighted by atomic mass is 19.2. The molecule has 1 aliphatic rings. The van der Waals surface area contributed by atoms with Gasteiger partial charge >= 0.3 is 0 Å². The average Bonchev–Trinajstić information content (AvgIpc) is 3.08. The van der Waals surface area contributed by atoms with Crippen molar-refractivity contribution in [1.29, 1.82) is 0 Å². The summed E-state index contributed by atoms with van der Waals surface area (Å²) in [6.07, 6.45) is -0.544. The number of carbonyl (C=O) groups excluding carboxylic acids is 1. The van der Waals surface area contributed by atoms with E-state index in [4.69, 9.17) is 9.57 Å². The molecule has 1 atom stereocenters. The van der Waals surface area contributed by atoms with Gasteiger partial charge in [0.05, 0.1) is 12.8 Å². The molecule has 24 heavy (non-hydrogen) atoms. The molecule has 1 amide bonds. The first kappa shape index (κ1) is 15.9. The van der Waals surface area contributed by atoms with E-state index in [1.807, 2.05) is 12.1 Å². The average molecular weight is 332 g/mol. The predicted octanol–water partition coefficient (Wildman–Crippen LogP) is 3.11. The molecule has 0 saturated carbocycles. The molecule has 1 N–H and O–H groups in total. The van der Waals surface area contributed by atoms with Crippen LogP contribution >= 0.6 is 0 Å². The summed E-state index contributed by atoms with van der Waals surface area (Å²) >= 11 is 0. The van der Waals surface area contributed by atoms with Crippen molar-refractivity contribution in [2.75, 3.05) is 12.4 Å². The molecule has 0 aliphatic carbocycles. The van der Waals surface area contributed by atoms with Gasteiger partial charge in [0.1, 0.15) is 5.75 Å². The van der Waals surface area contributed by atoms with Crippen LogP contribution < -0.4 is 10.1 Å². The van der Waals surface area contributed by atoms with Crippen molar-refractivity contribution < 1.29 is 23.1 Å². The first-order valence-corrected chi connectivity index (χ1v) is 7.20. The second-order valence-corrected chi connectivity index (χ2v) is 5.18. The fourth-order valence-electron chi connectivity index (χ4n) is 2.27. The molecule has 0 aromatic heterocycles. The van der Waals surface area contributed by atoms with Crippen LogP contribution in [0.1, 0.15) is 12.0 Å². The Bertz CT molecular complexity index is 791. The molecule has 1 heterocycles. The number of hydrogen-bond acceptors (Lipinski definition) is 4. The molecule has 3 rings (SSSR count). The van der Waals surface area contributed by atoms with Crippen molar-refractivity contribution >= 4 is 17.3 Å². The van der Waals surface area contributed by atoms with Gasteiger partial charge in [0.25, 0.3) is 5.91 Å². The number of benzene rings is 2. The summed E-state index contributed by atoms with van der Waals surface area (Å²) in [6.45, 7) is 0. The Hall–Kier alpha value is -2.96. The second kappa shape index (κ2) is 6.66. The molecular formula is C17H14F2N2O3. The summed E-state index contributed by atoms with van der Waals surface area (Å²) in [5.74, 6) is -1.77. The number of oxime groups is 1. The number of ether oxygens (including phenoxy) is 1. The molecular weight excluding hydrogens is 318 g/mol. The maximum atomic E-state index is 13.2. The predicted molar refractivity (Wildman–Crippen MR) is 84.0 cm³/mol. The summed E-state index contributed by atoms with van der Waals surface area (Å²) in [7, 11) is 1.57. The Morgan fingerprint density at radius 2 is 1.96 bits per heavy atom. The highest BCUT2D eigenvalue weighted by molar-refractivity contribution is 6.06. The zero-order valence-electron chi connectivity index (χ0n) is 12.8. The molecule has 0 spiro atoms. The van der Waals surface area contributed by atoms with Gasteiger partial charge in [0.2, 0.25) is 6.10 Å². The van der Waals surface area contributed by atoms with Gasteiger partial charge in [-0.3, -0.25) is 4.79 Å². The van der Waals surface area contributed by atoms with Gasteiger partial charge in [-0.15, -0.1) is 0 Å². The van der Waals surface area contributed by atoms with Crippen molar-refractivity contribution in [3.63, 3.8) is 0 Å². The van der Waals surface area contributed by atoms with E-state index in [0.717, 1.165) is 17.7 Å². The number of methoxy groups -OCH3 is 1. The minimum absolute atomic E-state index is 0.153. The lowest BCUT2D eigenvalue weighted by Gasteiger charge is -2.09. The summed E-state index contributed by atoms with van der Waals surface area (Å²) < 4.78 is 31.1. The molecule has 0 bridgehead atoms. The number of rotatable bonds is 4. The maximum Gasteiger partial charge on any atom is 0.268 e. The van der Waals surface area contributed by atoms with Crippen molar-refractivity contribution in [2.24, 2.45) is 5.16 Å². The lowest BCUT2D eigenvalue weighted by Crippen LogP contribution is -2.28. The van der Waals surface area contributed by atoms with Crippen LogP contribution in [0.3, 0.4) is 0 Å². The highest BCUT2D eigenvalue weighted by Crippen LogP contribution is 2.21. The molecule has 0 radical (unpaired) electrons. The molecule has 7 heteroatoms. The molecule has 0 saturated heterocycles. The normalized spacial score (nSPS) is 16.3. The van der Waals surface area contributed by atoms with Crippen molar-refractivity contribution in [1.82, 2.24) is 0 Å². The van der Waals surface area contributed by atoms with Crippen LogP contribution in [0.2, 0.25) is 0 Å². The van der Waals surface area contributed by atoms with Gasteiger partial charge in [-0.2, -0.15) is 0 Å². The van der Waals surface area contributed by atoms with E-state index in [-0.39, 0.29) is 12.1 Å². The Morgan fingerprint density at radius 3 is 2.62 bits per heavy atom. The fraction of sp³-hybridized carbons (Fsp3) is 0.176. The molecule has 5 nitrogen and oxygen atoms in total. The van der Waals surface area contributed by atoms with E-state index in [1.54, 1.807) is 19.2 Å². The lowest BCUT2D eigenvalue weighted by atomic mass is 10.0. The molecule has 1 unspecified atom stereocenters. The third-order valence-electron chi connectivity index (χ3n) is 3.57. The van der Waals surface area contributed by atoms with E-state index in [2.05, 4.69) is 10.5 Å². The molecule has 124 valence electrons. The number of carbonyl (C=O) groups is 1. The van der Waals surface area contributed by atoms with Crippen LogP contribution in [-0.4, -0.2) is 24.8 Å². The van der Waals surface area contributed by atoms with Gasteiger partial charge in [-0.1, -0.05) is 5.16 Å². The zero-order valence-corrected chi connectivity index (χ0v) is 12.8. The monoisotopic (exact) mass is 332 g/mol. The quantitative estimate of drug-likeness (QED) is 0.936. The largest absolute Gasteiger partial charge is 0.497 e. The van der Waals surface area contributed by atoms with E-state index in [9.17, 15) is 13.6 Å². The van der Waals surface area contributed by atoms with Crippen LogP contribution in [0.15, 0.2) is 47.6 Å². The summed E-state index contributed by atoms with van der Waals surface area (Å²) in [6, 6.07) is 10.3. The van der Waals surface area contributed by atoms with Gasteiger partial charge in [0, 0.05) is 18.2 Å². The Morgan fingerprint density at radius 1 is 1.21 bits per heavy atom. The summed E-state index contributed by atoms with van der Waals surface area (Å²) in [5.41, 5.74) is 1.60. The summed E-state index contributed by atoms with van der Waals surface area (Å²) in [4.78, 5) is 17.3. The van der Waals surface area contributed by atoms with Gasteiger partial charge in [-0.25, -0.2) is 8.78 Å². The smallest absolute Gasteiger partial charge is 0.268 e. The van der Waals surface area contributed by atoms with Gasteiger partial charge < -0.3 is 14.9 Å². The van der Waals surface area contributed by atoms with Crippen LogP contribution in [0.5, 0.6) is 5.75 Å². The van der Waals surface area contributed by atoms with E-state index in [1.165, 1.54) is 6.07 Å². The SMILES string of the molecule is COc1ccc(C2=NOC(C(=O)Nc3ccc(F)c(F)c3)C2)cc1. The number of amides is 1. The third kappa shape index (κ3) is 3.34. The first-order chi connectivity index (χ1) is 11.6. The van der Waals surface area contributed by atoms with E-state index < -0.39 is 23.6 Å². The molecule has 2 aromatic carbocycles. The number of nitrogens with one attached hydrogen (secondary N) is 1. The van der Waals surface area contributed by atoms with Crippen LogP contribution in [0, 0.1) is 11.6 Å². The second-order valence-electron chi connectivity index (χ2n) is 5.18. The van der Waals surface area contributed by atoms with Crippen LogP contribution in [0.25, 0.3) is 0 Å². The maximum absolute atomic E-state index is 13.2. The van der Waals surface area contributed by atoms with Crippen molar-refractivity contribution in [2.45, 2.75) is 12.5 Å². The Kier molecular flexibility index (Phi) is 4.41. The van der Waals surface area contributed by atoms with Crippen molar-refractivity contribution in [3.8, 4) is 5.75 Å². The number of anilines is 1. The first-order valence-electron chi connectivity index (χ1n) is 7.20. The van der Waals surface area contributed by atoms with Crippen LogP contribution in [0.4, 0.5) is 14.5 Å². The minimum atomic E-state index is -1.03. The Labute approximate surface area is 136 Å². The zero-order chi connectivity index (χ0) is 17.1.